The summed E-state index contributed by atoms with van der Waals surface area (Å²) in [5, 5.41) is 12.3. The van der Waals surface area contributed by atoms with Crippen molar-refractivity contribution >= 4 is 21.6 Å². The Bertz CT molecular complexity index is 828. The first-order valence-electron chi connectivity index (χ1n) is 6.85. The maximum atomic E-state index is 12.2. The Labute approximate surface area is 135 Å². The lowest BCUT2D eigenvalue weighted by molar-refractivity contribution is 0.102. The van der Waals surface area contributed by atoms with Crippen molar-refractivity contribution in [3.05, 3.63) is 53.6 Å². The monoisotopic (exact) mass is 334 g/mol. The van der Waals surface area contributed by atoms with E-state index >= 15 is 0 Å². The second-order valence-corrected chi connectivity index (χ2v) is 7.44. The third kappa shape index (κ3) is 3.69. The molecule has 0 radical (unpaired) electrons. The second kappa shape index (κ2) is 6.39. The zero-order valence-corrected chi connectivity index (χ0v) is 13.9. The molecule has 0 aliphatic rings. The van der Waals surface area contributed by atoms with Gasteiger partial charge in [0.1, 0.15) is 5.75 Å². The van der Waals surface area contributed by atoms with Crippen LogP contribution in [0, 0.1) is 6.92 Å². The van der Waals surface area contributed by atoms with Crippen molar-refractivity contribution in [2.24, 2.45) is 0 Å². The maximum absolute atomic E-state index is 12.2. The molecule has 0 unspecified atom stereocenters. The fourth-order valence-corrected chi connectivity index (χ4v) is 2.84. The minimum Gasteiger partial charge on any atom is -0.506 e. The summed E-state index contributed by atoms with van der Waals surface area (Å²) in [6, 6.07) is 10.5. The van der Waals surface area contributed by atoms with E-state index in [2.05, 4.69) is 5.32 Å². The van der Waals surface area contributed by atoms with E-state index in [1.54, 1.807) is 12.1 Å². The number of aryl methyl sites for hydroxylation is 1. The van der Waals surface area contributed by atoms with Gasteiger partial charge in [0.2, 0.25) is 10.0 Å². The highest BCUT2D eigenvalue weighted by Crippen LogP contribution is 2.24. The van der Waals surface area contributed by atoms with E-state index in [9.17, 15) is 18.3 Å². The maximum Gasteiger partial charge on any atom is 0.255 e. The smallest absolute Gasteiger partial charge is 0.255 e. The van der Waals surface area contributed by atoms with Crippen LogP contribution in [0.15, 0.2) is 47.4 Å². The molecule has 7 heteroatoms. The molecule has 0 aliphatic heterocycles. The van der Waals surface area contributed by atoms with Gasteiger partial charge in [0, 0.05) is 19.7 Å². The van der Waals surface area contributed by atoms with Crippen molar-refractivity contribution in [3.63, 3.8) is 0 Å². The summed E-state index contributed by atoms with van der Waals surface area (Å²) in [6.45, 7) is 1.84. The van der Waals surface area contributed by atoms with Gasteiger partial charge in [-0.1, -0.05) is 6.07 Å². The number of sulfonamides is 1. The highest BCUT2D eigenvalue weighted by atomic mass is 32.2. The Morgan fingerprint density at radius 3 is 2.26 bits per heavy atom. The Balaban J connectivity index is 2.23. The lowest BCUT2D eigenvalue weighted by Crippen LogP contribution is -2.22. The number of hydrogen-bond donors (Lipinski definition) is 2. The number of aromatic hydroxyl groups is 1. The molecular weight excluding hydrogens is 316 g/mol. The van der Waals surface area contributed by atoms with Crippen LogP contribution in [-0.2, 0) is 10.0 Å². The predicted octanol–water partition coefficient (Wildman–Crippen LogP) is 2.20. The molecule has 2 N–H and O–H groups in total. The summed E-state index contributed by atoms with van der Waals surface area (Å²) in [6.07, 6.45) is 0. The van der Waals surface area contributed by atoms with E-state index in [-0.39, 0.29) is 10.6 Å². The van der Waals surface area contributed by atoms with Gasteiger partial charge in [-0.05, 0) is 48.9 Å². The molecule has 23 heavy (non-hydrogen) atoms. The summed E-state index contributed by atoms with van der Waals surface area (Å²) < 4.78 is 25.1. The molecule has 0 atom stereocenters. The first-order chi connectivity index (χ1) is 10.7. The first-order valence-corrected chi connectivity index (χ1v) is 8.29. The molecule has 0 saturated carbocycles. The molecule has 2 rings (SSSR count). The Morgan fingerprint density at radius 1 is 1.09 bits per heavy atom. The molecule has 122 valence electrons. The molecule has 0 bridgehead atoms. The van der Waals surface area contributed by atoms with Crippen LogP contribution in [0.3, 0.4) is 0 Å². The highest BCUT2D eigenvalue weighted by Gasteiger charge is 2.17. The molecule has 0 spiro atoms. The highest BCUT2D eigenvalue weighted by molar-refractivity contribution is 7.89. The van der Waals surface area contributed by atoms with Gasteiger partial charge in [0.25, 0.3) is 5.91 Å². The molecule has 0 aromatic heterocycles. The minimum absolute atomic E-state index is 0.0317. The van der Waals surface area contributed by atoms with Crippen LogP contribution in [0.25, 0.3) is 0 Å². The number of amides is 1. The molecule has 2 aromatic rings. The number of nitrogens with zero attached hydrogens (tertiary/aromatic N) is 1. The average Bonchev–Trinajstić information content (AvgIpc) is 2.50. The summed E-state index contributed by atoms with van der Waals surface area (Å²) >= 11 is 0. The number of carbonyl (C=O) groups is 1. The Kier molecular flexibility index (Phi) is 4.72. The van der Waals surface area contributed by atoms with E-state index < -0.39 is 15.9 Å². The molecule has 1 amide bonds. The number of nitrogens with one attached hydrogen (secondary N) is 1. The third-order valence-electron chi connectivity index (χ3n) is 3.30. The lowest BCUT2D eigenvalue weighted by Gasteiger charge is -2.12. The summed E-state index contributed by atoms with van der Waals surface area (Å²) in [5.41, 5.74) is 1.49. The number of rotatable bonds is 4. The fourth-order valence-electron chi connectivity index (χ4n) is 1.93. The topological polar surface area (TPSA) is 86.7 Å². The lowest BCUT2D eigenvalue weighted by atomic mass is 10.2. The first kappa shape index (κ1) is 17.0. The van der Waals surface area contributed by atoms with Crippen LogP contribution < -0.4 is 5.32 Å². The zero-order valence-electron chi connectivity index (χ0n) is 13.1. The number of phenols is 1. The van der Waals surface area contributed by atoms with Crippen LogP contribution in [0.2, 0.25) is 0 Å². The van der Waals surface area contributed by atoms with Crippen molar-refractivity contribution < 1.29 is 18.3 Å². The van der Waals surface area contributed by atoms with Gasteiger partial charge in [0.05, 0.1) is 10.6 Å². The molecule has 6 nitrogen and oxygen atoms in total. The number of hydrogen-bond acceptors (Lipinski definition) is 4. The Hall–Kier alpha value is -2.38. The van der Waals surface area contributed by atoms with Crippen molar-refractivity contribution in [1.29, 1.82) is 0 Å². The normalized spacial score (nSPS) is 11.5. The van der Waals surface area contributed by atoms with Gasteiger partial charge >= 0.3 is 0 Å². The van der Waals surface area contributed by atoms with Crippen LogP contribution >= 0.6 is 0 Å². The second-order valence-electron chi connectivity index (χ2n) is 5.29. The minimum atomic E-state index is -3.53. The van der Waals surface area contributed by atoms with E-state index in [0.29, 0.717) is 11.3 Å². The van der Waals surface area contributed by atoms with Crippen LogP contribution in [0.4, 0.5) is 5.69 Å². The Morgan fingerprint density at radius 2 is 1.70 bits per heavy atom. The van der Waals surface area contributed by atoms with Gasteiger partial charge in [-0.25, -0.2) is 12.7 Å². The summed E-state index contributed by atoms with van der Waals surface area (Å²) in [7, 11) is -0.647. The van der Waals surface area contributed by atoms with Gasteiger partial charge < -0.3 is 10.4 Å². The van der Waals surface area contributed by atoms with Gasteiger partial charge in [-0.3, -0.25) is 4.79 Å². The number of carbonyl (C=O) groups excluding carboxylic acids is 1. The van der Waals surface area contributed by atoms with Crippen molar-refractivity contribution in [3.8, 4) is 5.75 Å². The van der Waals surface area contributed by atoms with Crippen molar-refractivity contribution in [1.82, 2.24) is 4.31 Å². The standard InChI is InChI=1S/C16H18N2O4S/c1-11-4-9-15(19)14(10-11)17-16(20)12-5-7-13(8-6-12)23(21,22)18(2)3/h4-10,19H,1-3H3,(H,17,20). The van der Waals surface area contributed by atoms with E-state index in [1.807, 2.05) is 6.92 Å². The summed E-state index contributed by atoms with van der Waals surface area (Å²) in [5.74, 6) is -0.463. The van der Waals surface area contributed by atoms with Crippen molar-refractivity contribution in [2.45, 2.75) is 11.8 Å². The van der Waals surface area contributed by atoms with Crippen LogP contribution in [0.1, 0.15) is 15.9 Å². The molecule has 0 heterocycles. The molecular formula is C16H18N2O4S. The van der Waals surface area contributed by atoms with Gasteiger partial charge in [-0.2, -0.15) is 0 Å². The zero-order chi connectivity index (χ0) is 17.2. The average molecular weight is 334 g/mol. The largest absolute Gasteiger partial charge is 0.506 e. The SMILES string of the molecule is Cc1ccc(O)c(NC(=O)c2ccc(S(=O)(=O)N(C)C)cc2)c1. The number of benzene rings is 2. The van der Waals surface area contributed by atoms with Gasteiger partial charge in [-0.15, -0.1) is 0 Å². The number of phenolic OH excluding ortho intramolecular Hbond substituents is 1. The quantitative estimate of drug-likeness (QED) is 0.839. The molecule has 0 aliphatic carbocycles. The molecule has 0 fully saturated rings. The fraction of sp³-hybridized carbons (Fsp3) is 0.188. The van der Waals surface area contributed by atoms with E-state index in [1.165, 1.54) is 44.4 Å². The van der Waals surface area contributed by atoms with Gasteiger partial charge in [0.15, 0.2) is 0 Å². The molecule has 2 aromatic carbocycles. The number of anilines is 1. The van der Waals surface area contributed by atoms with E-state index in [4.69, 9.17) is 0 Å². The van der Waals surface area contributed by atoms with Crippen LogP contribution in [0.5, 0.6) is 5.75 Å². The third-order valence-corrected chi connectivity index (χ3v) is 5.12. The summed E-state index contributed by atoms with van der Waals surface area (Å²) in [4.78, 5) is 12.3. The van der Waals surface area contributed by atoms with Crippen LogP contribution in [-0.4, -0.2) is 37.8 Å². The van der Waals surface area contributed by atoms with E-state index in [0.717, 1.165) is 9.87 Å². The predicted molar refractivity (Wildman–Crippen MR) is 88.1 cm³/mol. The van der Waals surface area contributed by atoms with Crippen molar-refractivity contribution in [2.75, 3.05) is 19.4 Å². The molecule has 0 saturated heterocycles.